The highest BCUT2D eigenvalue weighted by Crippen LogP contribution is 2.41. The van der Waals surface area contributed by atoms with Gasteiger partial charge in [0.25, 0.3) is 0 Å². The number of rotatable bonds is 14. The lowest BCUT2D eigenvalue weighted by molar-refractivity contribution is -0.870. The van der Waals surface area contributed by atoms with Gasteiger partial charge in [-0.1, -0.05) is 43.3 Å². The van der Waals surface area contributed by atoms with Crippen molar-refractivity contribution in [2.24, 2.45) is 4.99 Å². The lowest BCUT2D eigenvalue weighted by atomic mass is 9.77. The second-order valence-electron chi connectivity index (χ2n) is 13.3. The molecule has 0 aliphatic carbocycles. The first-order valence-electron chi connectivity index (χ1n) is 15.4. The summed E-state index contributed by atoms with van der Waals surface area (Å²) in [5.74, 6) is -3.74. The lowest BCUT2D eigenvalue weighted by Crippen LogP contribution is -2.48. The third-order valence-electron chi connectivity index (χ3n) is 8.40. The molecule has 0 aromatic heterocycles. The summed E-state index contributed by atoms with van der Waals surface area (Å²) in [5.41, 5.74) is 0.578. The first-order valence-corrected chi connectivity index (χ1v) is 18.2. The Labute approximate surface area is 295 Å². The van der Waals surface area contributed by atoms with Crippen molar-refractivity contribution >= 4 is 50.2 Å². The van der Waals surface area contributed by atoms with Crippen molar-refractivity contribution in [1.82, 2.24) is 4.31 Å². The largest absolute Gasteiger partial charge is 0.495 e. The number of hydrogen-bond donors (Lipinski definition) is 1. The monoisotopic (exact) mass is 741 g/mol. The zero-order chi connectivity index (χ0) is 36.3. The molecule has 15 heteroatoms. The van der Waals surface area contributed by atoms with Crippen LogP contribution in [0.2, 0.25) is 5.02 Å². The van der Waals surface area contributed by atoms with E-state index in [1.165, 1.54) is 19.2 Å². The highest BCUT2D eigenvalue weighted by atomic mass is 35.5. The van der Waals surface area contributed by atoms with E-state index in [2.05, 4.69) is 0 Å². The molecule has 1 N–H and O–H groups in total. The van der Waals surface area contributed by atoms with Crippen LogP contribution in [0.5, 0.6) is 5.75 Å². The van der Waals surface area contributed by atoms with Crippen molar-refractivity contribution in [3.8, 4) is 5.75 Å². The van der Waals surface area contributed by atoms with Crippen molar-refractivity contribution in [3.05, 3.63) is 88.2 Å². The molecule has 1 heterocycles. The minimum absolute atomic E-state index is 0.135. The zero-order valence-electron chi connectivity index (χ0n) is 28.2. The summed E-state index contributed by atoms with van der Waals surface area (Å²) >= 11 is 7.34. The molecule has 9 nitrogen and oxygen atoms in total. The number of halogens is 4. The Kier molecular flexibility index (Phi) is 12.0. The van der Waals surface area contributed by atoms with Gasteiger partial charge in [0.1, 0.15) is 29.7 Å². The van der Waals surface area contributed by atoms with Gasteiger partial charge in [-0.25, -0.2) is 21.6 Å². The minimum Gasteiger partial charge on any atom is -0.495 e. The number of carboxylic acid groups (broad SMARTS) is 1. The van der Waals surface area contributed by atoms with Crippen LogP contribution in [0, 0.1) is 17.5 Å². The number of benzene rings is 3. The third-order valence-corrected chi connectivity index (χ3v) is 11.5. The number of sulfonamides is 1. The molecule has 4 rings (SSSR count). The molecule has 1 unspecified atom stereocenters. The van der Waals surface area contributed by atoms with Gasteiger partial charge in [-0.3, -0.25) is 9.79 Å². The maximum atomic E-state index is 15.5. The van der Waals surface area contributed by atoms with Gasteiger partial charge >= 0.3 is 5.97 Å². The van der Waals surface area contributed by atoms with Crippen molar-refractivity contribution < 1.29 is 40.7 Å². The molecule has 266 valence electrons. The van der Waals surface area contributed by atoms with E-state index < -0.39 is 50.3 Å². The van der Waals surface area contributed by atoms with E-state index in [0.717, 1.165) is 33.8 Å². The molecular formula is C34H41ClF3N4O5S2+. The number of carboxylic acids is 1. The fraction of sp³-hybridized carbons (Fsp3) is 0.412. The summed E-state index contributed by atoms with van der Waals surface area (Å²) in [4.78, 5) is 17.5. The second kappa shape index (κ2) is 15.3. The van der Waals surface area contributed by atoms with Crippen molar-refractivity contribution in [2.75, 3.05) is 59.3 Å². The molecule has 0 spiro atoms. The Morgan fingerprint density at radius 3 is 2.31 bits per heavy atom. The SMILES string of the molecule is COc1cc(C(C)(C)C2CN=C(SCc3c(F)cc(S(=O)(=O)N(CCC[N+](C)(C)C)CC(=O)O)cc3F)N2c2ccc(F)cc2)ccc1Cl. The molecule has 0 saturated heterocycles. The predicted molar refractivity (Wildman–Crippen MR) is 188 cm³/mol. The van der Waals surface area contributed by atoms with E-state index in [1.807, 2.05) is 52.0 Å². The smallest absolute Gasteiger partial charge is 0.318 e. The number of amidine groups is 1. The number of methoxy groups -OCH3 is 1. The average molecular weight is 742 g/mol. The number of aliphatic carboxylic acids is 1. The molecule has 49 heavy (non-hydrogen) atoms. The van der Waals surface area contributed by atoms with Crippen LogP contribution in [0.1, 0.15) is 31.4 Å². The number of ether oxygens (including phenoxy) is 1. The molecule has 0 amide bonds. The van der Waals surface area contributed by atoms with Crippen LogP contribution in [0.3, 0.4) is 0 Å². The van der Waals surface area contributed by atoms with Gasteiger partial charge in [0, 0.05) is 35.4 Å². The van der Waals surface area contributed by atoms with Gasteiger partial charge in [0.05, 0.1) is 57.3 Å². The minimum atomic E-state index is -4.53. The van der Waals surface area contributed by atoms with Gasteiger partial charge in [0.15, 0.2) is 5.17 Å². The molecule has 0 radical (unpaired) electrons. The highest BCUT2D eigenvalue weighted by molar-refractivity contribution is 8.13. The quantitative estimate of drug-likeness (QED) is 0.191. The number of aliphatic imine (C=N–C) groups is 1. The van der Waals surface area contributed by atoms with E-state index in [0.29, 0.717) is 45.6 Å². The van der Waals surface area contributed by atoms with Crippen LogP contribution in [0.4, 0.5) is 18.9 Å². The van der Waals surface area contributed by atoms with Crippen LogP contribution in [0.15, 0.2) is 64.5 Å². The summed E-state index contributed by atoms with van der Waals surface area (Å²) < 4.78 is 78.5. The molecule has 0 saturated carbocycles. The number of thioether (sulfide) groups is 1. The van der Waals surface area contributed by atoms with Crippen molar-refractivity contribution in [2.45, 2.75) is 42.4 Å². The topological polar surface area (TPSA) is 99.5 Å². The first kappa shape index (κ1) is 38.5. The molecule has 1 atom stereocenters. The second-order valence-corrected chi connectivity index (χ2v) is 16.6. The maximum absolute atomic E-state index is 15.5. The van der Waals surface area contributed by atoms with Gasteiger partial charge < -0.3 is 19.2 Å². The molecule has 1 aliphatic rings. The Morgan fingerprint density at radius 1 is 1.10 bits per heavy atom. The molecule has 3 aromatic carbocycles. The van der Waals surface area contributed by atoms with Crippen molar-refractivity contribution in [3.63, 3.8) is 0 Å². The summed E-state index contributed by atoms with van der Waals surface area (Å²) in [6, 6.07) is 12.5. The van der Waals surface area contributed by atoms with E-state index in [9.17, 15) is 22.7 Å². The van der Waals surface area contributed by atoms with Crippen LogP contribution in [0.25, 0.3) is 0 Å². The number of nitrogens with zero attached hydrogens (tertiary/aromatic N) is 4. The Bertz CT molecular complexity index is 1800. The van der Waals surface area contributed by atoms with Gasteiger partial charge in [-0.2, -0.15) is 4.31 Å². The summed E-state index contributed by atoms with van der Waals surface area (Å²) in [6.07, 6.45) is 0.339. The average Bonchev–Trinajstić information content (AvgIpc) is 3.44. The molecule has 3 aromatic rings. The van der Waals surface area contributed by atoms with Crippen molar-refractivity contribution in [1.29, 1.82) is 0 Å². The highest BCUT2D eigenvalue weighted by Gasteiger charge is 2.42. The fourth-order valence-electron chi connectivity index (χ4n) is 5.58. The number of carbonyl (C=O) groups is 1. The van der Waals surface area contributed by atoms with Gasteiger partial charge in [0.2, 0.25) is 10.0 Å². The molecular weight excluding hydrogens is 701 g/mol. The van der Waals surface area contributed by atoms with E-state index in [4.69, 9.17) is 21.3 Å². The van der Waals surface area contributed by atoms with E-state index in [1.54, 1.807) is 18.2 Å². The Balaban J connectivity index is 1.61. The van der Waals surface area contributed by atoms with Gasteiger partial charge in [-0.05, 0) is 54.1 Å². The van der Waals surface area contributed by atoms with Crippen LogP contribution >= 0.6 is 23.4 Å². The van der Waals surface area contributed by atoms with Gasteiger partial charge in [-0.15, -0.1) is 0 Å². The standard InChI is InChI=1S/C34H40ClF3N4O5S2/c1-34(2,22-8-13-27(35)30(16-22)47-6)31-19-39-33(41(31)24-11-9-23(36)10-12-24)48-21-26-28(37)17-25(18-29(26)38)49(45,46)40(20-32(43)44)14-7-15-42(3,4)5/h8-13,16-18,31H,7,14-15,19-21H2,1-6H3/p+1. The molecule has 0 bridgehead atoms. The Morgan fingerprint density at radius 2 is 1.73 bits per heavy atom. The van der Waals surface area contributed by atoms with Crippen LogP contribution < -0.4 is 9.64 Å². The third kappa shape index (κ3) is 9.09. The number of hydrogen-bond acceptors (Lipinski definition) is 7. The lowest BCUT2D eigenvalue weighted by Gasteiger charge is -2.39. The normalized spacial score (nSPS) is 15.5. The summed E-state index contributed by atoms with van der Waals surface area (Å²) in [5, 5.41) is 10.2. The predicted octanol–water partition coefficient (Wildman–Crippen LogP) is 6.39. The number of anilines is 1. The molecule has 1 aliphatic heterocycles. The Hall–Kier alpha value is -3.30. The summed E-state index contributed by atoms with van der Waals surface area (Å²) in [6.45, 7) is 3.93. The number of quaternary nitrogens is 1. The molecule has 0 fully saturated rings. The first-order chi connectivity index (χ1) is 22.8. The fourth-order valence-corrected chi connectivity index (χ4v) is 8.31. The zero-order valence-corrected chi connectivity index (χ0v) is 30.6. The van der Waals surface area contributed by atoms with E-state index in [-0.39, 0.29) is 23.9 Å². The maximum Gasteiger partial charge on any atom is 0.318 e. The van der Waals surface area contributed by atoms with Crippen LogP contribution in [-0.2, 0) is 26.0 Å². The summed E-state index contributed by atoms with van der Waals surface area (Å²) in [7, 11) is 2.72. The van der Waals surface area contributed by atoms with Crippen LogP contribution in [-0.4, -0.2) is 93.9 Å². The van der Waals surface area contributed by atoms with E-state index >= 15 is 8.78 Å².